The molecule has 0 saturated heterocycles. The Morgan fingerprint density at radius 2 is 2.15 bits per heavy atom. The van der Waals surface area contributed by atoms with Gasteiger partial charge in [0.2, 0.25) is 0 Å². The van der Waals surface area contributed by atoms with E-state index in [1.54, 1.807) is 18.2 Å². The highest BCUT2D eigenvalue weighted by atomic mass is 35.5. The lowest BCUT2D eigenvalue weighted by atomic mass is 10.1. The highest BCUT2D eigenvalue weighted by molar-refractivity contribution is 7.11. The zero-order valence-electron chi connectivity index (χ0n) is 13.5. The number of aromatic carboxylic acids is 1. The van der Waals surface area contributed by atoms with Crippen molar-refractivity contribution in [3.63, 3.8) is 0 Å². The van der Waals surface area contributed by atoms with Crippen molar-refractivity contribution in [2.45, 2.75) is 6.54 Å². The molecule has 0 radical (unpaired) electrons. The van der Waals surface area contributed by atoms with Gasteiger partial charge in [-0.3, -0.25) is 14.2 Å². The third kappa shape index (κ3) is 4.33. The minimum atomic E-state index is -1.30. The van der Waals surface area contributed by atoms with Gasteiger partial charge in [0.15, 0.2) is 5.76 Å². The molecular weight excluding hydrogens is 394 g/mol. The van der Waals surface area contributed by atoms with Crippen LogP contribution in [0.15, 0.2) is 57.0 Å². The van der Waals surface area contributed by atoms with E-state index in [0.717, 1.165) is 11.3 Å². The SMILES string of the molecule is O=C([O-])c1cccc(Cn2c(Cl)c(/C=N\NC(=O)c3ccco3)sc2=O)c1. The van der Waals surface area contributed by atoms with Crippen LogP contribution in [0.4, 0.5) is 0 Å². The van der Waals surface area contributed by atoms with Crippen molar-refractivity contribution in [1.29, 1.82) is 0 Å². The van der Waals surface area contributed by atoms with Crippen molar-refractivity contribution in [3.8, 4) is 0 Å². The van der Waals surface area contributed by atoms with E-state index in [4.69, 9.17) is 16.0 Å². The van der Waals surface area contributed by atoms with Crippen LogP contribution < -0.4 is 15.4 Å². The lowest BCUT2D eigenvalue weighted by Crippen LogP contribution is -2.22. The molecule has 0 atom stereocenters. The molecule has 1 aromatic carbocycles. The summed E-state index contributed by atoms with van der Waals surface area (Å²) in [5.41, 5.74) is 2.85. The Labute approximate surface area is 161 Å². The van der Waals surface area contributed by atoms with E-state index in [2.05, 4.69) is 10.5 Å². The van der Waals surface area contributed by atoms with Gasteiger partial charge in [-0.05, 0) is 29.3 Å². The number of amides is 1. The van der Waals surface area contributed by atoms with Crippen LogP contribution in [0.1, 0.15) is 31.4 Å². The lowest BCUT2D eigenvalue weighted by molar-refractivity contribution is -0.255. The molecule has 3 aromatic rings. The first kappa shape index (κ1) is 18.6. The molecule has 27 heavy (non-hydrogen) atoms. The summed E-state index contributed by atoms with van der Waals surface area (Å²) in [7, 11) is 0. The third-order valence-electron chi connectivity index (χ3n) is 3.45. The second-order valence-electron chi connectivity index (χ2n) is 5.27. The standard InChI is InChI=1S/C17H12ClN3O5S/c18-14-13(8-19-20-15(22)12-5-2-6-26-12)27-17(25)21(14)9-10-3-1-4-11(7-10)16(23)24/h1-8H,9H2,(H,20,22)(H,23,24)/p-1/b19-8-. The second-order valence-corrected chi connectivity index (χ2v) is 6.62. The number of carboxylic acids is 1. The molecule has 1 amide bonds. The summed E-state index contributed by atoms with van der Waals surface area (Å²) in [4.78, 5) is 34.8. The molecular formula is C17H11ClN3O5S-. The van der Waals surface area contributed by atoms with Crippen LogP contribution in [0.2, 0.25) is 5.15 Å². The average Bonchev–Trinajstić information content (AvgIpc) is 3.27. The number of thiazole rings is 1. The molecule has 0 aliphatic rings. The maximum Gasteiger partial charge on any atom is 0.309 e. The maximum atomic E-state index is 12.2. The number of rotatable bonds is 6. The van der Waals surface area contributed by atoms with Crippen LogP contribution in [0.3, 0.4) is 0 Å². The normalized spacial score (nSPS) is 11.0. The number of nitrogens with one attached hydrogen (secondary N) is 1. The monoisotopic (exact) mass is 404 g/mol. The van der Waals surface area contributed by atoms with Gasteiger partial charge < -0.3 is 14.3 Å². The van der Waals surface area contributed by atoms with E-state index >= 15 is 0 Å². The number of hydrogen-bond donors (Lipinski definition) is 1. The van der Waals surface area contributed by atoms with Crippen molar-refractivity contribution in [2.24, 2.45) is 5.10 Å². The van der Waals surface area contributed by atoms with Gasteiger partial charge in [0.05, 0.1) is 29.9 Å². The Kier molecular flexibility index (Phi) is 5.53. The average molecular weight is 405 g/mol. The van der Waals surface area contributed by atoms with Gasteiger partial charge >= 0.3 is 10.8 Å². The topological polar surface area (TPSA) is 117 Å². The number of benzene rings is 1. The number of hydrazone groups is 1. The van der Waals surface area contributed by atoms with E-state index in [-0.39, 0.29) is 27.9 Å². The molecule has 0 saturated carbocycles. The molecule has 8 nitrogen and oxygen atoms in total. The number of nitrogens with zero attached hydrogens (tertiary/aromatic N) is 2. The summed E-state index contributed by atoms with van der Waals surface area (Å²) in [6, 6.07) is 9.08. The molecule has 10 heteroatoms. The summed E-state index contributed by atoms with van der Waals surface area (Å²) in [5.74, 6) is -1.75. The third-order valence-corrected chi connectivity index (χ3v) is 4.89. The summed E-state index contributed by atoms with van der Waals surface area (Å²) >= 11 is 7.06. The molecule has 0 aliphatic heterocycles. The Morgan fingerprint density at radius 3 is 2.85 bits per heavy atom. The Bertz CT molecular complexity index is 1070. The van der Waals surface area contributed by atoms with Crippen molar-refractivity contribution in [2.75, 3.05) is 0 Å². The molecule has 0 aliphatic carbocycles. The Morgan fingerprint density at radius 1 is 1.33 bits per heavy atom. The second kappa shape index (κ2) is 8.02. The van der Waals surface area contributed by atoms with Crippen LogP contribution in [-0.4, -0.2) is 22.7 Å². The highest BCUT2D eigenvalue weighted by Gasteiger charge is 2.13. The van der Waals surface area contributed by atoms with E-state index < -0.39 is 11.9 Å². The molecule has 3 rings (SSSR count). The van der Waals surface area contributed by atoms with Gasteiger partial charge in [-0.25, -0.2) is 5.43 Å². The lowest BCUT2D eigenvalue weighted by Gasteiger charge is -2.07. The van der Waals surface area contributed by atoms with Crippen molar-refractivity contribution >= 4 is 41.0 Å². The van der Waals surface area contributed by atoms with Gasteiger partial charge in [0, 0.05) is 0 Å². The Balaban J connectivity index is 1.75. The maximum absolute atomic E-state index is 12.2. The minimum Gasteiger partial charge on any atom is -0.545 e. The first-order chi connectivity index (χ1) is 13.0. The van der Waals surface area contributed by atoms with Crippen LogP contribution in [0, 0.1) is 0 Å². The van der Waals surface area contributed by atoms with Gasteiger partial charge in [-0.1, -0.05) is 41.1 Å². The van der Waals surface area contributed by atoms with E-state index in [1.165, 1.54) is 35.2 Å². The largest absolute Gasteiger partial charge is 0.545 e. The molecule has 0 fully saturated rings. The fourth-order valence-corrected chi connectivity index (χ4v) is 3.31. The number of halogens is 1. The van der Waals surface area contributed by atoms with Crippen molar-refractivity contribution in [1.82, 2.24) is 9.99 Å². The Hall–Kier alpha value is -3.17. The molecule has 0 unspecified atom stereocenters. The number of furan rings is 1. The molecule has 0 spiro atoms. The minimum absolute atomic E-state index is 0.00863. The molecule has 2 aromatic heterocycles. The zero-order chi connectivity index (χ0) is 19.4. The number of carbonyl (C=O) groups excluding carboxylic acids is 2. The quantitative estimate of drug-likeness (QED) is 0.491. The van der Waals surface area contributed by atoms with Crippen LogP contribution in [0.5, 0.6) is 0 Å². The highest BCUT2D eigenvalue weighted by Crippen LogP contribution is 2.18. The van der Waals surface area contributed by atoms with E-state index in [1.807, 2.05) is 0 Å². The summed E-state index contributed by atoms with van der Waals surface area (Å²) in [6.45, 7) is 0.0852. The van der Waals surface area contributed by atoms with E-state index in [9.17, 15) is 19.5 Å². The van der Waals surface area contributed by atoms with Gasteiger partial charge in [0.25, 0.3) is 0 Å². The van der Waals surface area contributed by atoms with Crippen LogP contribution >= 0.6 is 22.9 Å². The predicted octanol–water partition coefficient (Wildman–Crippen LogP) is 1.33. The predicted molar refractivity (Wildman–Crippen MR) is 97.2 cm³/mol. The first-order valence-corrected chi connectivity index (χ1v) is 8.71. The zero-order valence-corrected chi connectivity index (χ0v) is 15.1. The molecule has 1 N–H and O–H groups in total. The summed E-state index contributed by atoms with van der Waals surface area (Å²) in [5, 5.41) is 14.8. The fourth-order valence-electron chi connectivity index (χ4n) is 2.21. The fraction of sp³-hybridized carbons (Fsp3) is 0.0588. The first-order valence-electron chi connectivity index (χ1n) is 7.52. The van der Waals surface area contributed by atoms with Gasteiger partial charge in [-0.15, -0.1) is 0 Å². The molecule has 2 heterocycles. The van der Waals surface area contributed by atoms with Gasteiger partial charge in [-0.2, -0.15) is 5.10 Å². The smallest absolute Gasteiger partial charge is 0.309 e. The molecule has 138 valence electrons. The van der Waals surface area contributed by atoms with Crippen LogP contribution in [0.25, 0.3) is 0 Å². The number of carboxylic acid groups (broad SMARTS) is 1. The van der Waals surface area contributed by atoms with E-state index in [0.29, 0.717) is 10.4 Å². The van der Waals surface area contributed by atoms with Crippen molar-refractivity contribution < 1.29 is 19.1 Å². The van der Waals surface area contributed by atoms with Crippen LogP contribution in [-0.2, 0) is 6.54 Å². The summed E-state index contributed by atoms with van der Waals surface area (Å²) < 4.78 is 6.20. The number of aromatic nitrogens is 1. The van der Waals surface area contributed by atoms with Crippen molar-refractivity contribution in [3.05, 3.63) is 79.2 Å². The summed E-state index contributed by atoms with van der Waals surface area (Å²) in [6.07, 6.45) is 2.61. The molecule has 0 bridgehead atoms. The number of carbonyl (C=O) groups is 2. The number of hydrogen-bond acceptors (Lipinski definition) is 7. The van der Waals surface area contributed by atoms with Gasteiger partial charge in [0.1, 0.15) is 5.15 Å².